The molecule has 0 aliphatic carbocycles. The Balaban J connectivity index is 3.70. The maximum absolute atomic E-state index is 12.8. The fourth-order valence-corrected chi connectivity index (χ4v) is 13.6. The van der Waals surface area contributed by atoms with E-state index in [9.17, 15) is 19.0 Å². The molecule has 0 amide bonds. The molecule has 0 aromatic heterocycles. The monoisotopic (exact) mass is 1270 g/mol. The number of ether oxygens (including phenoxy) is 2. The van der Waals surface area contributed by atoms with E-state index in [1.807, 2.05) is 0 Å². The fourth-order valence-electron chi connectivity index (χ4n) is 12.8. The summed E-state index contributed by atoms with van der Waals surface area (Å²) in [6.07, 6.45) is 91.2. The van der Waals surface area contributed by atoms with Crippen LogP contribution < -0.4 is 5.73 Å². The predicted octanol–water partition coefficient (Wildman–Crippen LogP) is 26.5. The first-order valence-electron chi connectivity index (χ1n) is 40.0. The van der Waals surface area contributed by atoms with E-state index in [1.54, 1.807) is 0 Å². The molecule has 0 aromatic carbocycles. The third-order valence-corrected chi connectivity index (χ3v) is 19.7. The maximum Gasteiger partial charge on any atom is 0.472 e. The smallest absolute Gasteiger partial charge is 0.462 e. The first-order chi connectivity index (χ1) is 43.3. The van der Waals surface area contributed by atoms with Crippen LogP contribution in [0.4, 0.5) is 0 Å². The van der Waals surface area contributed by atoms with Crippen LogP contribution in [0.15, 0.2) is 0 Å². The lowest BCUT2D eigenvalue weighted by Gasteiger charge is -2.19. The van der Waals surface area contributed by atoms with Crippen LogP contribution in [0.25, 0.3) is 0 Å². The number of hydrogen-bond donors (Lipinski definition) is 2. The van der Waals surface area contributed by atoms with E-state index < -0.39 is 26.5 Å². The zero-order valence-electron chi connectivity index (χ0n) is 59.5. The van der Waals surface area contributed by atoms with Crippen molar-refractivity contribution in [1.29, 1.82) is 0 Å². The highest BCUT2D eigenvalue weighted by Gasteiger charge is 2.26. The molecule has 0 aliphatic rings. The van der Waals surface area contributed by atoms with Gasteiger partial charge in [-0.1, -0.05) is 431 Å². The minimum atomic E-state index is -4.39. The van der Waals surface area contributed by atoms with Crippen molar-refractivity contribution in [2.45, 2.75) is 463 Å². The van der Waals surface area contributed by atoms with Crippen molar-refractivity contribution >= 4 is 19.8 Å². The van der Waals surface area contributed by atoms with Crippen molar-refractivity contribution in [3.05, 3.63) is 0 Å². The average Bonchev–Trinajstić information content (AvgIpc) is 3.57. The van der Waals surface area contributed by atoms with Crippen molar-refractivity contribution in [1.82, 2.24) is 0 Å². The second-order valence-electron chi connectivity index (χ2n) is 27.7. The molecule has 10 heteroatoms. The normalized spacial score (nSPS) is 12.7. The van der Waals surface area contributed by atoms with E-state index in [-0.39, 0.29) is 32.1 Å². The van der Waals surface area contributed by atoms with Crippen molar-refractivity contribution in [2.24, 2.45) is 5.73 Å². The van der Waals surface area contributed by atoms with Gasteiger partial charge in [0.2, 0.25) is 0 Å². The van der Waals surface area contributed by atoms with Crippen LogP contribution in [0.1, 0.15) is 457 Å². The molecule has 0 aliphatic heterocycles. The van der Waals surface area contributed by atoms with E-state index in [4.69, 9.17) is 24.3 Å². The largest absolute Gasteiger partial charge is 0.472 e. The summed E-state index contributed by atoms with van der Waals surface area (Å²) in [5, 5.41) is 0. The Morgan fingerprint density at radius 3 is 0.693 bits per heavy atom. The summed E-state index contributed by atoms with van der Waals surface area (Å²) in [7, 11) is -4.39. The summed E-state index contributed by atoms with van der Waals surface area (Å²) >= 11 is 0. The number of phosphoric acid groups is 1. The van der Waals surface area contributed by atoms with Crippen LogP contribution >= 0.6 is 7.82 Å². The third kappa shape index (κ3) is 74.1. The first-order valence-corrected chi connectivity index (χ1v) is 41.5. The molecule has 0 heterocycles. The van der Waals surface area contributed by atoms with Gasteiger partial charge in [0.05, 0.1) is 13.2 Å². The minimum absolute atomic E-state index is 0.0589. The fraction of sp³-hybridized carbons (Fsp3) is 0.974. The number of unbranched alkanes of at least 4 members (excludes halogenated alkanes) is 65. The van der Waals surface area contributed by atoms with E-state index in [2.05, 4.69) is 13.8 Å². The molecule has 0 saturated heterocycles. The molecule has 0 bridgehead atoms. The summed E-state index contributed by atoms with van der Waals surface area (Å²) in [5.41, 5.74) is 5.41. The van der Waals surface area contributed by atoms with E-state index >= 15 is 0 Å². The summed E-state index contributed by atoms with van der Waals surface area (Å²) in [6, 6.07) is 0. The van der Waals surface area contributed by atoms with Gasteiger partial charge in [0.25, 0.3) is 0 Å². The van der Waals surface area contributed by atoms with Crippen molar-refractivity contribution < 1.29 is 37.6 Å². The van der Waals surface area contributed by atoms with Crippen LogP contribution in [0.3, 0.4) is 0 Å². The summed E-state index contributed by atoms with van der Waals surface area (Å²) in [6.45, 7) is 3.86. The molecule has 0 rings (SSSR count). The topological polar surface area (TPSA) is 134 Å². The lowest BCUT2D eigenvalue weighted by Crippen LogP contribution is -2.29. The molecule has 0 fully saturated rings. The van der Waals surface area contributed by atoms with Gasteiger partial charge in [-0.15, -0.1) is 0 Å². The summed E-state index contributed by atoms with van der Waals surface area (Å²) < 4.78 is 33.3. The Kier molecular flexibility index (Phi) is 74.2. The molecule has 9 nitrogen and oxygen atoms in total. The molecule has 526 valence electrons. The molecule has 2 unspecified atom stereocenters. The van der Waals surface area contributed by atoms with Gasteiger partial charge in [-0.25, -0.2) is 4.57 Å². The Hall–Kier alpha value is -0.990. The van der Waals surface area contributed by atoms with Crippen LogP contribution in [0, 0.1) is 0 Å². The predicted molar refractivity (Wildman–Crippen MR) is 382 cm³/mol. The number of rotatable bonds is 78. The second-order valence-corrected chi connectivity index (χ2v) is 29.1. The van der Waals surface area contributed by atoms with Gasteiger partial charge < -0.3 is 20.1 Å². The van der Waals surface area contributed by atoms with Gasteiger partial charge in [0, 0.05) is 19.4 Å². The third-order valence-electron chi connectivity index (χ3n) is 18.7. The zero-order chi connectivity index (χ0) is 63.7. The SMILES string of the molecule is CCCCCCCCCCCCCCCCCCCCCCCCCCCCCCCCCCCCCCCCCCC(=O)OC(COC(=O)CCCCCCCCCCCCCCCCCCCCCCCCCCCCC)COP(=O)(O)OCCN. The van der Waals surface area contributed by atoms with Gasteiger partial charge in [0.1, 0.15) is 6.61 Å². The molecule has 0 radical (unpaired) electrons. The van der Waals surface area contributed by atoms with E-state index in [1.165, 1.54) is 392 Å². The van der Waals surface area contributed by atoms with Gasteiger partial charge in [-0.05, 0) is 12.8 Å². The number of carbonyl (C=O) groups excluding carboxylic acids is 2. The minimum Gasteiger partial charge on any atom is -0.462 e. The van der Waals surface area contributed by atoms with Crippen LogP contribution in [0.5, 0.6) is 0 Å². The number of nitrogens with two attached hydrogens (primary N) is 1. The van der Waals surface area contributed by atoms with E-state index in [0.29, 0.717) is 12.8 Å². The maximum atomic E-state index is 12.8. The zero-order valence-corrected chi connectivity index (χ0v) is 60.4. The number of phosphoric ester groups is 1. The Morgan fingerprint density at radius 1 is 0.295 bits per heavy atom. The van der Waals surface area contributed by atoms with Gasteiger partial charge in [0.15, 0.2) is 6.10 Å². The van der Waals surface area contributed by atoms with Crippen LogP contribution in [0.2, 0.25) is 0 Å². The Bertz CT molecular complexity index is 1400. The number of hydrogen-bond acceptors (Lipinski definition) is 8. The molecule has 3 N–H and O–H groups in total. The summed E-state index contributed by atoms with van der Waals surface area (Å²) in [5.74, 6) is -0.795. The quantitative estimate of drug-likeness (QED) is 0.0347. The molecular formula is C78H156NO8P. The lowest BCUT2D eigenvalue weighted by molar-refractivity contribution is -0.161. The van der Waals surface area contributed by atoms with Crippen molar-refractivity contribution in [3.8, 4) is 0 Å². The molecule has 0 saturated carbocycles. The Labute approximate surface area is 549 Å². The molecule has 2 atom stereocenters. The highest BCUT2D eigenvalue weighted by molar-refractivity contribution is 7.47. The number of carbonyl (C=O) groups is 2. The van der Waals surface area contributed by atoms with Crippen LogP contribution in [-0.4, -0.2) is 49.3 Å². The van der Waals surface area contributed by atoms with Crippen LogP contribution in [-0.2, 0) is 32.7 Å². The van der Waals surface area contributed by atoms with E-state index in [0.717, 1.165) is 32.1 Å². The molecular weight excluding hydrogens is 1110 g/mol. The molecule has 88 heavy (non-hydrogen) atoms. The molecule has 0 spiro atoms. The number of esters is 2. The summed E-state index contributed by atoms with van der Waals surface area (Å²) in [4.78, 5) is 35.4. The standard InChI is InChI=1S/C78H156NO8P/c1-3-5-7-9-11-13-15-17-19-21-23-25-27-29-31-32-33-34-35-36-37-38-39-40-41-42-43-45-47-49-51-53-55-57-59-61-63-65-67-69-71-78(81)87-76(75-86-88(82,83)85-73-72-79)74-84-77(80)70-68-66-64-62-60-58-56-54-52-50-48-46-44-30-28-26-24-22-20-18-16-14-12-10-8-6-4-2/h76H,3-75,79H2,1-2H3,(H,82,83). The van der Waals surface area contributed by atoms with Crippen molar-refractivity contribution in [2.75, 3.05) is 26.4 Å². The first kappa shape index (κ1) is 87.0. The second kappa shape index (κ2) is 75.0. The highest BCUT2D eigenvalue weighted by Crippen LogP contribution is 2.43. The van der Waals surface area contributed by atoms with Crippen molar-refractivity contribution in [3.63, 3.8) is 0 Å². The lowest BCUT2D eigenvalue weighted by atomic mass is 10.0. The molecule has 0 aromatic rings. The average molecular weight is 1270 g/mol. The Morgan fingerprint density at radius 2 is 0.489 bits per heavy atom. The van der Waals surface area contributed by atoms with Gasteiger partial charge in [-0.3, -0.25) is 18.6 Å². The van der Waals surface area contributed by atoms with Gasteiger partial charge in [-0.2, -0.15) is 0 Å². The van der Waals surface area contributed by atoms with Gasteiger partial charge >= 0.3 is 19.8 Å². The highest BCUT2D eigenvalue weighted by atomic mass is 31.2.